The van der Waals surface area contributed by atoms with Gasteiger partial charge in [0.1, 0.15) is 5.57 Å². The maximum absolute atomic E-state index is 11.3. The summed E-state index contributed by atoms with van der Waals surface area (Å²) in [5.41, 5.74) is 0.337. The van der Waals surface area contributed by atoms with Gasteiger partial charge in [-0.25, -0.2) is 9.59 Å². The molecule has 0 radical (unpaired) electrons. The van der Waals surface area contributed by atoms with Crippen LogP contribution in [0.4, 0.5) is 0 Å². The smallest absolute Gasteiger partial charge is 0.341 e. The Bertz CT molecular complexity index is 321. The molecule has 0 aromatic carbocycles. The van der Waals surface area contributed by atoms with Crippen molar-refractivity contribution in [1.82, 2.24) is 0 Å². The molecule has 0 fully saturated rings. The zero-order valence-electron chi connectivity index (χ0n) is 9.16. The van der Waals surface area contributed by atoms with Crippen molar-refractivity contribution < 1.29 is 24.2 Å². The van der Waals surface area contributed by atoms with Gasteiger partial charge in [0, 0.05) is 0 Å². The summed E-state index contributed by atoms with van der Waals surface area (Å²) >= 11 is 0. The first-order valence-electron chi connectivity index (χ1n) is 4.18. The van der Waals surface area contributed by atoms with Crippen molar-refractivity contribution in [2.75, 3.05) is 14.2 Å². The van der Waals surface area contributed by atoms with E-state index in [0.29, 0.717) is 11.8 Å². The molecule has 15 heavy (non-hydrogen) atoms. The van der Waals surface area contributed by atoms with Gasteiger partial charge < -0.3 is 14.6 Å². The molecule has 1 N–H and O–H groups in total. The van der Waals surface area contributed by atoms with Crippen LogP contribution < -0.4 is 0 Å². The highest BCUT2D eigenvalue weighted by molar-refractivity contribution is 6.07. The highest BCUT2D eigenvalue weighted by Crippen LogP contribution is 2.17. The van der Waals surface area contributed by atoms with Crippen molar-refractivity contribution >= 4 is 11.9 Å². The molecule has 0 unspecified atom stereocenters. The Labute approximate surface area is 88.0 Å². The molecule has 0 saturated carbocycles. The normalized spacial score (nSPS) is 10.5. The minimum atomic E-state index is -0.793. The van der Waals surface area contributed by atoms with E-state index in [1.807, 2.05) is 0 Å². The minimum absolute atomic E-state index is 0.00634. The number of hydrogen-bond acceptors (Lipinski definition) is 5. The van der Waals surface area contributed by atoms with Crippen LogP contribution >= 0.6 is 0 Å². The van der Waals surface area contributed by atoms with Gasteiger partial charge in [0.15, 0.2) is 0 Å². The molecular formula is C10H14O5. The lowest BCUT2D eigenvalue weighted by atomic mass is 10.0. The molecule has 0 aliphatic heterocycles. The molecule has 5 nitrogen and oxygen atoms in total. The Hall–Kier alpha value is -1.78. The lowest BCUT2D eigenvalue weighted by molar-refractivity contribution is -0.139. The van der Waals surface area contributed by atoms with E-state index in [2.05, 4.69) is 9.47 Å². The maximum atomic E-state index is 11.3. The molecule has 0 aromatic heterocycles. The van der Waals surface area contributed by atoms with E-state index in [1.165, 1.54) is 7.11 Å². The molecule has 0 atom stereocenters. The fourth-order valence-corrected chi connectivity index (χ4v) is 1.01. The first kappa shape index (κ1) is 13.2. The van der Waals surface area contributed by atoms with Gasteiger partial charge in [0.2, 0.25) is 0 Å². The summed E-state index contributed by atoms with van der Waals surface area (Å²) in [7, 11) is 2.35. The number of hydrogen-bond donors (Lipinski definition) is 1. The van der Waals surface area contributed by atoms with Gasteiger partial charge in [0.05, 0.1) is 26.1 Å². The second-order valence-electron chi connectivity index (χ2n) is 2.90. The fourth-order valence-electron chi connectivity index (χ4n) is 1.01. The van der Waals surface area contributed by atoms with Crippen molar-refractivity contribution in [2.45, 2.75) is 13.8 Å². The van der Waals surface area contributed by atoms with Gasteiger partial charge in [-0.1, -0.05) is 5.57 Å². The van der Waals surface area contributed by atoms with Gasteiger partial charge in [0.25, 0.3) is 0 Å². The summed E-state index contributed by atoms with van der Waals surface area (Å²) in [6.07, 6.45) is 0.533. The number of aliphatic hydroxyl groups is 1. The molecule has 0 amide bonds. The quantitative estimate of drug-likeness (QED) is 0.330. The van der Waals surface area contributed by atoms with Crippen molar-refractivity contribution in [3.63, 3.8) is 0 Å². The third-order valence-corrected chi connectivity index (χ3v) is 1.69. The SMILES string of the molecule is COC(=O)C(=C(C)C)/C(=C/O)C(=O)OC. The van der Waals surface area contributed by atoms with Crippen LogP contribution in [0.5, 0.6) is 0 Å². The van der Waals surface area contributed by atoms with Gasteiger partial charge in [-0.15, -0.1) is 0 Å². The number of aliphatic hydroxyl groups excluding tert-OH is 1. The summed E-state index contributed by atoms with van der Waals surface area (Å²) in [5.74, 6) is -1.49. The second kappa shape index (κ2) is 5.85. The Morgan fingerprint density at radius 2 is 1.53 bits per heavy atom. The molecule has 5 heteroatoms. The topological polar surface area (TPSA) is 72.8 Å². The van der Waals surface area contributed by atoms with Crippen LogP contribution in [0.3, 0.4) is 0 Å². The molecule has 0 aliphatic rings. The average Bonchev–Trinajstić information content (AvgIpc) is 2.22. The number of carbonyl (C=O) groups is 2. The highest BCUT2D eigenvalue weighted by Gasteiger charge is 2.23. The molecular weight excluding hydrogens is 200 g/mol. The average molecular weight is 214 g/mol. The van der Waals surface area contributed by atoms with Crippen LogP contribution in [0.1, 0.15) is 13.8 Å². The maximum Gasteiger partial charge on any atom is 0.341 e. The van der Waals surface area contributed by atoms with Crippen LogP contribution in [0.25, 0.3) is 0 Å². The number of carbonyl (C=O) groups excluding carboxylic acids is 2. The van der Waals surface area contributed by atoms with E-state index < -0.39 is 11.9 Å². The third-order valence-electron chi connectivity index (χ3n) is 1.69. The number of esters is 2. The summed E-state index contributed by atoms with van der Waals surface area (Å²) in [4.78, 5) is 22.6. The van der Waals surface area contributed by atoms with E-state index in [1.54, 1.807) is 13.8 Å². The van der Waals surface area contributed by atoms with Gasteiger partial charge in [-0.2, -0.15) is 0 Å². The first-order chi connectivity index (χ1) is 6.99. The van der Waals surface area contributed by atoms with E-state index >= 15 is 0 Å². The van der Waals surface area contributed by atoms with Crippen LogP contribution in [-0.4, -0.2) is 31.3 Å². The summed E-state index contributed by atoms with van der Waals surface area (Å²) in [6, 6.07) is 0. The number of rotatable bonds is 3. The predicted molar refractivity (Wildman–Crippen MR) is 53.1 cm³/mol. The fraction of sp³-hybridized carbons (Fsp3) is 0.400. The highest BCUT2D eigenvalue weighted by atomic mass is 16.5. The molecule has 0 rings (SSSR count). The molecule has 0 spiro atoms. The monoisotopic (exact) mass is 214 g/mol. The van der Waals surface area contributed by atoms with Crippen LogP contribution in [0, 0.1) is 0 Å². The zero-order valence-corrected chi connectivity index (χ0v) is 9.16. The van der Waals surface area contributed by atoms with Crippen molar-refractivity contribution in [2.24, 2.45) is 0 Å². The van der Waals surface area contributed by atoms with Crippen LogP contribution in [0.15, 0.2) is 23.0 Å². The molecule has 84 valence electrons. The number of ether oxygens (including phenoxy) is 2. The minimum Gasteiger partial charge on any atom is -0.515 e. The summed E-state index contributed by atoms with van der Waals surface area (Å²) in [5, 5.41) is 8.89. The first-order valence-corrected chi connectivity index (χ1v) is 4.18. The van der Waals surface area contributed by atoms with Gasteiger partial charge >= 0.3 is 11.9 Å². The zero-order chi connectivity index (χ0) is 12.0. The summed E-state index contributed by atoms with van der Waals surface area (Å²) in [6.45, 7) is 3.25. The Morgan fingerprint density at radius 3 is 1.80 bits per heavy atom. The number of allylic oxidation sites excluding steroid dienone is 1. The van der Waals surface area contributed by atoms with Crippen molar-refractivity contribution in [1.29, 1.82) is 0 Å². The molecule has 0 aromatic rings. The lowest BCUT2D eigenvalue weighted by Crippen LogP contribution is -2.16. The third kappa shape index (κ3) is 3.12. The lowest BCUT2D eigenvalue weighted by Gasteiger charge is -2.09. The Morgan fingerprint density at radius 1 is 1.07 bits per heavy atom. The predicted octanol–water partition coefficient (Wildman–Crippen LogP) is 1.11. The molecule has 0 saturated heterocycles. The Kier molecular flexibility index (Phi) is 5.15. The van der Waals surface area contributed by atoms with Gasteiger partial charge in [-0.3, -0.25) is 0 Å². The van der Waals surface area contributed by atoms with E-state index in [9.17, 15) is 9.59 Å². The van der Waals surface area contributed by atoms with Crippen LogP contribution in [-0.2, 0) is 19.1 Å². The van der Waals surface area contributed by atoms with Crippen molar-refractivity contribution in [3.8, 4) is 0 Å². The molecule has 0 heterocycles. The second-order valence-corrected chi connectivity index (χ2v) is 2.90. The number of methoxy groups -OCH3 is 2. The van der Waals surface area contributed by atoms with E-state index in [4.69, 9.17) is 5.11 Å². The van der Waals surface area contributed by atoms with Crippen molar-refractivity contribution in [3.05, 3.63) is 23.0 Å². The molecule has 0 bridgehead atoms. The molecule has 0 aliphatic carbocycles. The summed E-state index contributed by atoms with van der Waals surface area (Å²) < 4.78 is 8.91. The van der Waals surface area contributed by atoms with Gasteiger partial charge in [-0.05, 0) is 13.8 Å². The standard InChI is InChI=1S/C10H14O5/c1-6(2)8(10(13)15-4)7(5-11)9(12)14-3/h5,11H,1-4H3/b7-5-. The largest absolute Gasteiger partial charge is 0.515 e. The Balaban J connectivity index is 5.37. The van der Waals surface area contributed by atoms with E-state index in [-0.39, 0.29) is 11.1 Å². The van der Waals surface area contributed by atoms with E-state index in [0.717, 1.165) is 7.11 Å². The van der Waals surface area contributed by atoms with Crippen LogP contribution in [0.2, 0.25) is 0 Å².